The summed E-state index contributed by atoms with van der Waals surface area (Å²) in [7, 11) is 1.91. The first-order valence-electron chi connectivity index (χ1n) is 9.37. The normalized spacial score (nSPS) is 17.2. The van der Waals surface area contributed by atoms with Crippen molar-refractivity contribution in [2.45, 2.75) is 31.7 Å². The van der Waals surface area contributed by atoms with Crippen LogP contribution in [0.4, 0.5) is 4.39 Å². The van der Waals surface area contributed by atoms with Gasteiger partial charge in [-0.05, 0) is 62.2 Å². The Bertz CT molecular complexity index is 547. The summed E-state index contributed by atoms with van der Waals surface area (Å²) >= 11 is 1.69. The number of thioether (sulfide) groups is 1. The highest BCUT2D eigenvalue weighted by atomic mass is 32.2. The molecule has 0 bridgehead atoms. The number of carbonyl (C=O) groups is 1. The zero-order valence-electron chi connectivity index (χ0n) is 15.9. The molecule has 0 radical (unpaired) electrons. The highest BCUT2D eigenvalue weighted by molar-refractivity contribution is 7.98. The van der Waals surface area contributed by atoms with E-state index in [-0.39, 0.29) is 24.4 Å². The van der Waals surface area contributed by atoms with Gasteiger partial charge in [-0.15, -0.1) is 0 Å². The fraction of sp³-hybridized carbons (Fsp3) is 0.650. The molecule has 1 N–H and O–H groups in total. The molecule has 1 aromatic rings. The molecule has 0 aromatic heterocycles. The minimum absolute atomic E-state index is 0.131. The van der Waals surface area contributed by atoms with Crippen molar-refractivity contribution < 1.29 is 14.3 Å². The van der Waals surface area contributed by atoms with Crippen molar-refractivity contribution in [1.82, 2.24) is 9.80 Å². The van der Waals surface area contributed by atoms with Gasteiger partial charge in [0.25, 0.3) is 0 Å². The average Bonchev–Trinajstić information content (AvgIpc) is 2.66. The van der Waals surface area contributed by atoms with Crippen LogP contribution in [0.25, 0.3) is 0 Å². The smallest absolute Gasteiger partial charge is 0.223 e. The lowest BCUT2D eigenvalue weighted by molar-refractivity contribution is -0.133. The fourth-order valence-electron chi connectivity index (χ4n) is 3.74. The number of benzene rings is 1. The third kappa shape index (κ3) is 6.25. The number of nitrogens with zero attached hydrogens (tertiary/aromatic N) is 2. The number of rotatable bonds is 9. The lowest BCUT2D eigenvalue weighted by Gasteiger charge is -2.40. The van der Waals surface area contributed by atoms with E-state index >= 15 is 0 Å². The predicted octanol–water partition coefficient (Wildman–Crippen LogP) is 2.65. The highest BCUT2D eigenvalue weighted by Gasteiger charge is 2.31. The summed E-state index contributed by atoms with van der Waals surface area (Å²) in [5, 5.41) is 9.13. The second kappa shape index (κ2) is 10.9. The number of piperidine rings is 1. The van der Waals surface area contributed by atoms with Crippen LogP contribution in [0.1, 0.15) is 24.8 Å². The van der Waals surface area contributed by atoms with E-state index in [9.17, 15) is 9.18 Å². The van der Waals surface area contributed by atoms with E-state index in [1.807, 2.05) is 30.3 Å². The Morgan fingerprint density at radius 2 is 2.00 bits per heavy atom. The maximum atomic E-state index is 13.2. The lowest BCUT2D eigenvalue weighted by Crippen LogP contribution is -2.47. The molecule has 1 heterocycles. The minimum Gasteiger partial charge on any atom is -0.395 e. The monoisotopic (exact) mass is 382 g/mol. The Kier molecular flexibility index (Phi) is 8.88. The molecule has 1 atom stereocenters. The van der Waals surface area contributed by atoms with E-state index in [0.29, 0.717) is 12.3 Å². The third-order valence-corrected chi connectivity index (χ3v) is 5.97. The standard InChI is InChI=1S/C20H31FN2O2S/c1-22(20(25)9-14-26-2)19(15-16-3-5-18(21)6-4-16)17-7-10-23(11-8-17)12-13-24/h3-6,17,19,24H,7-15H2,1-2H3. The number of carbonyl (C=O) groups excluding carboxylic acids is 1. The van der Waals surface area contributed by atoms with Crippen molar-refractivity contribution in [1.29, 1.82) is 0 Å². The van der Waals surface area contributed by atoms with Gasteiger partial charge >= 0.3 is 0 Å². The number of aliphatic hydroxyl groups excluding tert-OH is 1. The van der Waals surface area contributed by atoms with Crippen LogP contribution < -0.4 is 0 Å². The summed E-state index contributed by atoms with van der Waals surface area (Å²) < 4.78 is 13.2. The van der Waals surface area contributed by atoms with Crippen molar-refractivity contribution in [2.24, 2.45) is 5.92 Å². The summed E-state index contributed by atoms with van der Waals surface area (Å²) in [5.74, 6) is 1.22. The highest BCUT2D eigenvalue weighted by Crippen LogP contribution is 2.27. The first kappa shape index (κ1) is 21.2. The van der Waals surface area contributed by atoms with Crippen LogP contribution in [0, 0.1) is 11.7 Å². The molecule has 1 fully saturated rings. The molecule has 1 aromatic carbocycles. The van der Waals surface area contributed by atoms with Crippen LogP contribution in [-0.2, 0) is 11.2 Å². The van der Waals surface area contributed by atoms with Crippen LogP contribution in [-0.4, -0.2) is 72.2 Å². The third-order valence-electron chi connectivity index (χ3n) is 5.36. The van der Waals surface area contributed by atoms with E-state index in [1.165, 1.54) is 12.1 Å². The van der Waals surface area contributed by atoms with E-state index in [0.717, 1.165) is 50.2 Å². The van der Waals surface area contributed by atoms with Crippen molar-refractivity contribution in [3.63, 3.8) is 0 Å². The molecule has 146 valence electrons. The summed E-state index contributed by atoms with van der Waals surface area (Å²) in [6, 6.07) is 6.76. The van der Waals surface area contributed by atoms with Gasteiger partial charge in [0.15, 0.2) is 0 Å². The summed E-state index contributed by atoms with van der Waals surface area (Å²) in [6.07, 6.45) is 5.37. The van der Waals surface area contributed by atoms with Gasteiger partial charge in [0, 0.05) is 31.8 Å². The quantitative estimate of drug-likeness (QED) is 0.713. The second-order valence-corrected chi connectivity index (χ2v) is 8.03. The molecular formula is C20H31FN2O2S. The summed E-state index contributed by atoms with van der Waals surface area (Å²) in [5.41, 5.74) is 1.07. The van der Waals surface area contributed by atoms with Gasteiger partial charge < -0.3 is 14.9 Å². The van der Waals surface area contributed by atoms with E-state index in [4.69, 9.17) is 5.11 Å². The number of likely N-dealkylation sites (N-methyl/N-ethyl adjacent to an activating group) is 1. The Morgan fingerprint density at radius 1 is 1.35 bits per heavy atom. The number of β-amino-alcohol motifs (C(OH)–C–C–N with tert-alkyl or cyclic N) is 1. The van der Waals surface area contributed by atoms with E-state index in [1.54, 1.807) is 11.8 Å². The Balaban J connectivity index is 2.07. The Morgan fingerprint density at radius 3 is 2.58 bits per heavy atom. The molecule has 4 nitrogen and oxygen atoms in total. The summed E-state index contributed by atoms with van der Waals surface area (Å²) in [6.45, 7) is 2.82. The van der Waals surface area contributed by atoms with Crippen LogP contribution in [0.15, 0.2) is 24.3 Å². The molecule has 0 spiro atoms. The van der Waals surface area contributed by atoms with Crippen LogP contribution in [0.3, 0.4) is 0 Å². The molecule has 2 rings (SSSR count). The van der Waals surface area contributed by atoms with Crippen molar-refractivity contribution in [3.8, 4) is 0 Å². The Labute approximate surface area is 160 Å². The minimum atomic E-state index is -0.230. The predicted molar refractivity (Wildman–Crippen MR) is 106 cm³/mol. The number of halogens is 1. The van der Waals surface area contributed by atoms with Crippen molar-refractivity contribution in [3.05, 3.63) is 35.6 Å². The zero-order valence-corrected chi connectivity index (χ0v) is 16.7. The molecule has 1 aliphatic rings. The van der Waals surface area contributed by atoms with Gasteiger partial charge in [-0.2, -0.15) is 11.8 Å². The Hall–Kier alpha value is -1.11. The molecule has 0 saturated carbocycles. The first-order chi connectivity index (χ1) is 12.5. The molecule has 1 unspecified atom stereocenters. The average molecular weight is 383 g/mol. The number of hydrogen-bond acceptors (Lipinski definition) is 4. The molecule has 1 aliphatic heterocycles. The van der Waals surface area contributed by atoms with Gasteiger partial charge in [-0.25, -0.2) is 4.39 Å². The topological polar surface area (TPSA) is 43.8 Å². The van der Waals surface area contributed by atoms with Gasteiger partial charge in [-0.3, -0.25) is 4.79 Å². The molecule has 26 heavy (non-hydrogen) atoms. The molecule has 1 amide bonds. The second-order valence-electron chi connectivity index (χ2n) is 7.05. The SMILES string of the molecule is CSCCC(=O)N(C)C(Cc1ccc(F)cc1)C1CCN(CCO)CC1. The summed E-state index contributed by atoms with van der Waals surface area (Å²) in [4.78, 5) is 16.8. The van der Waals surface area contributed by atoms with Crippen molar-refractivity contribution >= 4 is 17.7 Å². The maximum absolute atomic E-state index is 13.2. The van der Waals surface area contributed by atoms with E-state index in [2.05, 4.69) is 4.90 Å². The number of likely N-dealkylation sites (tertiary alicyclic amines) is 1. The molecule has 0 aliphatic carbocycles. The molecule has 1 saturated heterocycles. The fourth-order valence-corrected chi connectivity index (χ4v) is 4.11. The first-order valence-corrected chi connectivity index (χ1v) is 10.8. The number of hydrogen-bond donors (Lipinski definition) is 1. The lowest BCUT2D eigenvalue weighted by atomic mass is 9.85. The van der Waals surface area contributed by atoms with Crippen LogP contribution in [0.2, 0.25) is 0 Å². The molecule has 6 heteroatoms. The number of aliphatic hydroxyl groups is 1. The van der Waals surface area contributed by atoms with Gasteiger partial charge in [-0.1, -0.05) is 12.1 Å². The van der Waals surface area contributed by atoms with Gasteiger partial charge in [0.05, 0.1) is 6.61 Å². The zero-order chi connectivity index (χ0) is 18.9. The number of amides is 1. The largest absolute Gasteiger partial charge is 0.395 e. The van der Waals surface area contributed by atoms with Gasteiger partial charge in [0.1, 0.15) is 5.82 Å². The van der Waals surface area contributed by atoms with Crippen LogP contribution in [0.5, 0.6) is 0 Å². The molecular weight excluding hydrogens is 351 g/mol. The maximum Gasteiger partial charge on any atom is 0.223 e. The van der Waals surface area contributed by atoms with E-state index < -0.39 is 0 Å². The van der Waals surface area contributed by atoms with Crippen molar-refractivity contribution in [2.75, 3.05) is 45.3 Å². The van der Waals surface area contributed by atoms with Crippen LogP contribution >= 0.6 is 11.8 Å². The van der Waals surface area contributed by atoms with Gasteiger partial charge in [0.2, 0.25) is 5.91 Å².